The summed E-state index contributed by atoms with van der Waals surface area (Å²) in [5, 5.41) is 5.50. The molecule has 80 valence electrons. The van der Waals surface area contributed by atoms with E-state index in [1.807, 2.05) is 6.20 Å². The van der Waals surface area contributed by atoms with E-state index in [9.17, 15) is 0 Å². The number of imidazole rings is 1. The maximum atomic E-state index is 3.97. The zero-order chi connectivity index (χ0) is 10.5. The number of aromatic amines is 1. The van der Waals surface area contributed by atoms with E-state index < -0.39 is 0 Å². The third-order valence-electron chi connectivity index (χ3n) is 2.05. The maximum Gasteiger partial charge on any atom is 0.0921 e. The molecule has 0 aliphatic carbocycles. The SMILES string of the molecule is Brc1csc(CNCCc2cnc[nH]2)c1. The van der Waals surface area contributed by atoms with Crippen LogP contribution in [-0.2, 0) is 13.0 Å². The first-order chi connectivity index (χ1) is 7.34. The molecule has 0 saturated heterocycles. The van der Waals surface area contributed by atoms with Crippen LogP contribution in [0, 0.1) is 0 Å². The number of H-pyrrole nitrogens is 1. The van der Waals surface area contributed by atoms with Gasteiger partial charge in [-0.15, -0.1) is 11.3 Å². The fourth-order valence-electron chi connectivity index (χ4n) is 1.30. The van der Waals surface area contributed by atoms with Crippen molar-refractivity contribution in [2.75, 3.05) is 6.54 Å². The molecule has 0 unspecified atom stereocenters. The van der Waals surface area contributed by atoms with E-state index in [0.29, 0.717) is 0 Å². The van der Waals surface area contributed by atoms with Crippen LogP contribution in [0.25, 0.3) is 0 Å². The molecular weight excluding hydrogens is 274 g/mol. The van der Waals surface area contributed by atoms with Crippen LogP contribution >= 0.6 is 27.3 Å². The Balaban J connectivity index is 1.67. The molecule has 2 aromatic rings. The van der Waals surface area contributed by atoms with Gasteiger partial charge in [-0.3, -0.25) is 0 Å². The molecule has 0 bridgehead atoms. The molecule has 0 aromatic carbocycles. The van der Waals surface area contributed by atoms with Crippen molar-refractivity contribution in [2.24, 2.45) is 0 Å². The summed E-state index contributed by atoms with van der Waals surface area (Å²) in [7, 11) is 0. The molecule has 15 heavy (non-hydrogen) atoms. The number of thiophene rings is 1. The van der Waals surface area contributed by atoms with Crippen LogP contribution in [0.4, 0.5) is 0 Å². The summed E-state index contributed by atoms with van der Waals surface area (Å²) in [5.41, 5.74) is 1.18. The molecule has 0 atom stereocenters. The van der Waals surface area contributed by atoms with Crippen molar-refractivity contribution < 1.29 is 0 Å². The van der Waals surface area contributed by atoms with Crippen molar-refractivity contribution in [2.45, 2.75) is 13.0 Å². The Hall–Kier alpha value is -0.650. The summed E-state index contributed by atoms with van der Waals surface area (Å²) < 4.78 is 1.16. The molecule has 2 heterocycles. The van der Waals surface area contributed by atoms with Crippen molar-refractivity contribution in [3.63, 3.8) is 0 Å². The highest BCUT2D eigenvalue weighted by Gasteiger charge is 1.97. The molecule has 0 saturated carbocycles. The zero-order valence-corrected chi connectivity index (χ0v) is 10.6. The van der Waals surface area contributed by atoms with Crippen molar-refractivity contribution in [1.82, 2.24) is 15.3 Å². The minimum atomic E-state index is 0.935. The van der Waals surface area contributed by atoms with Crippen LogP contribution in [0.5, 0.6) is 0 Å². The number of rotatable bonds is 5. The van der Waals surface area contributed by atoms with Gasteiger partial charge >= 0.3 is 0 Å². The number of nitrogens with zero attached hydrogens (tertiary/aromatic N) is 1. The minimum absolute atomic E-state index is 0.935. The quantitative estimate of drug-likeness (QED) is 0.829. The van der Waals surface area contributed by atoms with Gasteiger partial charge in [0.05, 0.1) is 6.33 Å². The Morgan fingerprint density at radius 3 is 3.13 bits per heavy atom. The Labute approximate surface area is 101 Å². The highest BCUT2D eigenvalue weighted by atomic mass is 79.9. The van der Waals surface area contributed by atoms with Crippen molar-refractivity contribution >= 4 is 27.3 Å². The summed E-state index contributed by atoms with van der Waals surface area (Å²) in [6.07, 6.45) is 4.57. The summed E-state index contributed by atoms with van der Waals surface area (Å²) in [6.45, 7) is 1.90. The second kappa shape index (κ2) is 5.44. The molecule has 3 nitrogen and oxygen atoms in total. The topological polar surface area (TPSA) is 40.7 Å². The lowest BCUT2D eigenvalue weighted by Gasteiger charge is -2.00. The third kappa shape index (κ3) is 3.44. The number of hydrogen-bond acceptors (Lipinski definition) is 3. The fourth-order valence-corrected chi connectivity index (χ4v) is 2.72. The molecular formula is C10H12BrN3S. The lowest BCUT2D eigenvalue weighted by Crippen LogP contribution is -2.16. The summed E-state index contributed by atoms with van der Waals surface area (Å²) >= 11 is 5.21. The maximum absolute atomic E-state index is 3.97. The van der Waals surface area contributed by atoms with Gasteiger partial charge in [0.2, 0.25) is 0 Å². The molecule has 0 aliphatic heterocycles. The Bertz CT molecular complexity index is 396. The van der Waals surface area contributed by atoms with Gasteiger partial charge < -0.3 is 10.3 Å². The van der Waals surface area contributed by atoms with Gasteiger partial charge in [0.1, 0.15) is 0 Å². The highest BCUT2D eigenvalue weighted by Crippen LogP contribution is 2.19. The van der Waals surface area contributed by atoms with E-state index in [4.69, 9.17) is 0 Å². The molecule has 2 aromatic heterocycles. The summed E-state index contributed by atoms with van der Waals surface area (Å²) in [6, 6.07) is 2.15. The molecule has 2 N–H and O–H groups in total. The first kappa shape index (κ1) is 10.9. The third-order valence-corrected chi connectivity index (χ3v) is 3.74. The standard InChI is InChI=1S/C10H12BrN3S/c11-8-3-10(15-6-8)5-12-2-1-9-4-13-7-14-9/h3-4,6-7,12H,1-2,5H2,(H,13,14). The monoisotopic (exact) mass is 285 g/mol. The summed E-state index contributed by atoms with van der Waals surface area (Å²) in [4.78, 5) is 8.41. The van der Waals surface area contributed by atoms with Crippen molar-refractivity contribution in [3.05, 3.63) is 39.0 Å². The normalized spacial score (nSPS) is 10.7. The smallest absolute Gasteiger partial charge is 0.0921 e. The van der Waals surface area contributed by atoms with Crippen LogP contribution < -0.4 is 5.32 Å². The van der Waals surface area contributed by atoms with Crippen LogP contribution in [0.2, 0.25) is 0 Å². The van der Waals surface area contributed by atoms with Gasteiger partial charge in [0.15, 0.2) is 0 Å². The second-order valence-electron chi connectivity index (χ2n) is 3.23. The first-order valence-corrected chi connectivity index (χ1v) is 6.43. The average Bonchev–Trinajstić information content (AvgIpc) is 2.84. The average molecular weight is 286 g/mol. The molecule has 0 amide bonds. The number of hydrogen-bond donors (Lipinski definition) is 2. The van der Waals surface area contributed by atoms with Crippen molar-refractivity contribution in [1.29, 1.82) is 0 Å². The molecule has 5 heteroatoms. The number of halogens is 1. The predicted octanol–water partition coefficient (Wildman–Crippen LogP) is 2.57. The van der Waals surface area contributed by atoms with E-state index in [2.05, 4.69) is 42.7 Å². The van der Waals surface area contributed by atoms with Crippen LogP contribution in [0.3, 0.4) is 0 Å². The van der Waals surface area contributed by atoms with Crippen LogP contribution in [0.1, 0.15) is 10.6 Å². The second-order valence-corrected chi connectivity index (χ2v) is 5.15. The molecule has 0 radical (unpaired) electrons. The van der Waals surface area contributed by atoms with Crippen LogP contribution in [0.15, 0.2) is 28.4 Å². The van der Waals surface area contributed by atoms with Crippen molar-refractivity contribution in [3.8, 4) is 0 Å². The van der Waals surface area contributed by atoms with Gasteiger partial charge in [0.25, 0.3) is 0 Å². The Kier molecular flexibility index (Phi) is 3.94. The van der Waals surface area contributed by atoms with Gasteiger partial charge in [0, 0.05) is 46.1 Å². The Morgan fingerprint density at radius 2 is 2.47 bits per heavy atom. The summed E-state index contributed by atoms with van der Waals surface area (Å²) in [5.74, 6) is 0. The molecule has 0 aliphatic rings. The highest BCUT2D eigenvalue weighted by molar-refractivity contribution is 9.10. The first-order valence-electron chi connectivity index (χ1n) is 4.75. The molecule has 0 fully saturated rings. The number of nitrogens with one attached hydrogen (secondary N) is 2. The largest absolute Gasteiger partial charge is 0.348 e. The van der Waals surface area contributed by atoms with Gasteiger partial charge in [-0.2, -0.15) is 0 Å². The van der Waals surface area contributed by atoms with Gasteiger partial charge in [-0.05, 0) is 22.0 Å². The predicted molar refractivity (Wildman–Crippen MR) is 66.0 cm³/mol. The lowest BCUT2D eigenvalue weighted by molar-refractivity contribution is 0.687. The van der Waals surface area contributed by atoms with E-state index in [0.717, 1.165) is 24.0 Å². The molecule has 2 rings (SSSR count). The van der Waals surface area contributed by atoms with Gasteiger partial charge in [-0.25, -0.2) is 4.98 Å². The lowest BCUT2D eigenvalue weighted by atomic mass is 10.3. The van der Waals surface area contributed by atoms with E-state index in [1.165, 1.54) is 10.6 Å². The van der Waals surface area contributed by atoms with E-state index in [1.54, 1.807) is 17.7 Å². The zero-order valence-electron chi connectivity index (χ0n) is 8.16. The number of aromatic nitrogens is 2. The molecule has 0 spiro atoms. The Morgan fingerprint density at radius 1 is 1.53 bits per heavy atom. The minimum Gasteiger partial charge on any atom is -0.348 e. The van der Waals surface area contributed by atoms with E-state index in [-0.39, 0.29) is 0 Å². The van der Waals surface area contributed by atoms with Crippen LogP contribution in [-0.4, -0.2) is 16.5 Å². The van der Waals surface area contributed by atoms with Gasteiger partial charge in [-0.1, -0.05) is 0 Å². The van der Waals surface area contributed by atoms with E-state index >= 15 is 0 Å². The fraction of sp³-hybridized carbons (Fsp3) is 0.300.